The third-order valence-corrected chi connectivity index (χ3v) is 14.9. The molecule has 4 saturated heterocycles. The van der Waals surface area contributed by atoms with Gasteiger partial charge in [0.15, 0.2) is 5.82 Å². The highest BCUT2D eigenvalue weighted by Crippen LogP contribution is 2.38. The Morgan fingerprint density at radius 3 is 2.31 bits per heavy atom. The molecule has 1 atom stereocenters. The predicted molar refractivity (Wildman–Crippen MR) is 262 cm³/mol. The number of rotatable bonds is 14. The number of piperazine rings is 1. The third kappa shape index (κ3) is 9.94. The molecule has 1 unspecified atom stereocenters. The molecule has 5 aliphatic rings. The van der Waals surface area contributed by atoms with Crippen molar-refractivity contribution >= 4 is 87.3 Å². The van der Waals surface area contributed by atoms with Crippen LogP contribution in [0.4, 0.5) is 40.2 Å². The number of benzene rings is 3. The highest BCUT2D eigenvalue weighted by molar-refractivity contribution is 7.67. The molecule has 6 heterocycles. The monoisotopic (exact) mass is 951 g/mol. The third-order valence-electron chi connectivity index (χ3n) is 14.1. The zero-order valence-electron chi connectivity index (χ0n) is 38.2. The minimum atomic E-state index is -0.962. The second kappa shape index (κ2) is 20.2. The average molecular weight is 953 g/mol. The highest BCUT2D eigenvalue weighted by atomic mass is 35.5. The minimum absolute atomic E-state index is 0.101. The summed E-state index contributed by atoms with van der Waals surface area (Å²) in [6, 6.07) is 16.7. The number of hydrogen-bond donors (Lipinski definition) is 4. The Labute approximate surface area is 399 Å². The maximum absolute atomic E-state index is 13.4. The first-order valence-corrected chi connectivity index (χ1v) is 24.4. The van der Waals surface area contributed by atoms with Crippen LogP contribution in [-0.2, 0) is 21.4 Å². The summed E-state index contributed by atoms with van der Waals surface area (Å²) in [4.78, 5) is 70.9. The Morgan fingerprint density at radius 2 is 1.58 bits per heavy atom. The van der Waals surface area contributed by atoms with Crippen LogP contribution in [0.15, 0.2) is 60.8 Å². The molecule has 9 rings (SSSR count). The van der Waals surface area contributed by atoms with E-state index in [-0.39, 0.29) is 30.6 Å². The van der Waals surface area contributed by atoms with Crippen LogP contribution in [0.25, 0.3) is 0 Å². The van der Waals surface area contributed by atoms with E-state index in [2.05, 4.69) is 64.6 Å². The molecule has 354 valence electrons. The van der Waals surface area contributed by atoms with Crippen LogP contribution < -0.4 is 34.8 Å². The summed E-state index contributed by atoms with van der Waals surface area (Å²) in [6.07, 6.45) is 7.32. The molecule has 4 amide bonds. The van der Waals surface area contributed by atoms with Crippen molar-refractivity contribution in [3.8, 4) is 5.75 Å². The van der Waals surface area contributed by atoms with Crippen molar-refractivity contribution in [2.45, 2.75) is 64.0 Å². The minimum Gasteiger partial charge on any atom is -0.494 e. The normalized spacial score (nSPS) is 20.0. The van der Waals surface area contributed by atoms with E-state index >= 15 is 0 Å². The Kier molecular flexibility index (Phi) is 13.9. The van der Waals surface area contributed by atoms with Crippen molar-refractivity contribution in [1.29, 1.82) is 0 Å². The van der Waals surface area contributed by atoms with E-state index in [0.29, 0.717) is 51.3 Å². The fourth-order valence-corrected chi connectivity index (χ4v) is 10.7. The summed E-state index contributed by atoms with van der Waals surface area (Å²) in [6.45, 7) is 11.3. The number of ether oxygens (including phenoxy) is 1. The maximum atomic E-state index is 13.4. The quantitative estimate of drug-likeness (QED) is 0.0918. The molecule has 0 saturated carbocycles. The number of halogens is 1. The van der Waals surface area contributed by atoms with Crippen LogP contribution in [0.2, 0.25) is 5.02 Å². The largest absolute Gasteiger partial charge is 0.494 e. The van der Waals surface area contributed by atoms with E-state index in [1.54, 1.807) is 36.8 Å². The van der Waals surface area contributed by atoms with Crippen LogP contribution in [-0.4, -0.2) is 138 Å². The number of amides is 4. The molecule has 0 aliphatic carbocycles. The van der Waals surface area contributed by atoms with Gasteiger partial charge in [0.25, 0.3) is 11.8 Å². The highest BCUT2D eigenvalue weighted by Gasteiger charge is 2.45. The summed E-state index contributed by atoms with van der Waals surface area (Å²) in [5, 5.41) is 9.20. The number of aryl methyl sites for hydroxylation is 1. The number of para-hydroxylation sites is 2. The number of carbonyl (C=O) groups excluding carboxylic acids is 4. The smallest absolute Gasteiger partial charge is 0.262 e. The van der Waals surface area contributed by atoms with Crippen LogP contribution in [0.1, 0.15) is 71.2 Å². The topological polar surface area (TPSA) is 176 Å². The van der Waals surface area contributed by atoms with Gasteiger partial charge in [0.2, 0.25) is 17.8 Å². The standard InChI is InChI=1S/C48H58ClN11O6S/c1-30-26-38(52-48-50-29-36(49)44(54-48)51-37-6-4-5-7-39(37)55(2)67-65)42(66-3)28-41(30)59-20-15-32(16-21-59)58-24-22-56(23-25-58)17-12-31-13-18-57(19-14-31)33-8-9-34-35(27-33)47(64)60(46(34)63)40-10-11-43(61)53-45(40)62/h4-9,26-29,31-32,40,67H,10-25H2,1-3H3,(H,53,61,62)(H2,50,51,52,54). The van der Waals surface area contributed by atoms with Gasteiger partial charge in [-0.05, 0) is 99.9 Å². The van der Waals surface area contributed by atoms with E-state index < -0.39 is 23.8 Å². The Morgan fingerprint density at radius 1 is 0.851 bits per heavy atom. The lowest BCUT2D eigenvalue weighted by molar-refractivity contribution is -0.136. The van der Waals surface area contributed by atoms with E-state index in [9.17, 15) is 23.4 Å². The molecule has 0 bridgehead atoms. The maximum Gasteiger partial charge on any atom is 0.262 e. The Bertz CT molecular complexity index is 2540. The van der Waals surface area contributed by atoms with Crippen LogP contribution >= 0.6 is 11.6 Å². The van der Waals surface area contributed by atoms with Gasteiger partial charge in [0, 0.05) is 89.3 Å². The number of methoxy groups -OCH3 is 1. The molecular weight excluding hydrogens is 894 g/mol. The van der Waals surface area contributed by atoms with Crippen LogP contribution in [0.3, 0.4) is 0 Å². The van der Waals surface area contributed by atoms with Gasteiger partial charge in [-0.2, -0.15) is 4.98 Å². The SMILES string of the molecule is COc1cc(N2CCC(N3CCN(CCC4CCN(c5ccc6c(c5)C(=O)N(C5CCC(=O)NC5=O)C6=O)CC4)CC3)CC2)c(C)cc1Nc1ncc(Cl)c(Nc2ccccc2N(C)[SH]=O)n1. The number of hydrogen-bond acceptors (Lipinski definition) is 14. The lowest BCUT2D eigenvalue weighted by Crippen LogP contribution is -2.54. The first kappa shape index (κ1) is 46.3. The number of thiol groups is 1. The second-order valence-corrected chi connectivity index (χ2v) is 19.3. The lowest BCUT2D eigenvalue weighted by Gasteiger charge is -2.44. The van der Waals surface area contributed by atoms with Gasteiger partial charge in [-0.25, -0.2) is 9.19 Å². The molecular formula is C48H58ClN11O6S. The molecule has 4 fully saturated rings. The number of fused-ring (bicyclic) bond motifs is 1. The molecule has 19 heteroatoms. The fraction of sp³-hybridized carbons (Fsp3) is 0.458. The number of nitrogens with zero attached hydrogens (tertiary/aromatic N) is 8. The van der Waals surface area contributed by atoms with Crippen molar-refractivity contribution in [2.75, 3.05) is 97.8 Å². The molecule has 4 aromatic rings. The number of nitrogens with one attached hydrogen (secondary N) is 3. The van der Waals surface area contributed by atoms with Crippen molar-refractivity contribution in [1.82, 2.24) is 30.0 Å². The van der Waals surface area contributed by atoms with E-state index in [1.165, 1.54) is 6.42 Å². The number of piperidine rings is 3. The van der Waals surface area contributed by atoms with Gasteiger partial charge in [-0.15, -0.1) is 0 Å². The van der Waals surface area contributed by atoms with E-state index in [1.807, 2.05) is 30.3 Å². The summed E-state index contributed by atoms with van der Waals surface area (Å²) in [5.74, 6) is 0.171. The Balaban J connectivity index is 0.718. The average Bonchev–Trinajstić information content (AvgIpc) is 3.59. The molecule has 67 heavy (non-hydrogen) atoms. The van der Waals surface area contributed by atoms with Gasteiger partial charge in [-0.3, -0.25) is 38.6 Å². The molecule has 3 N–H and O–H groups in total. The van der Waals surface area contributed by atoms with Crippen LogP contribution in [0, 0.1) is 12.8 Å². The van der Waals surface area contributed by atoms with Gasteiger partial charge in [0.05, 0.1) is 41.5 Å². The van der Waals surface area contributed by atoms with Gasteiger partial charge in [-0.1, -0.05) is 23.7 Å². The molecule has 5 aliphatic heterocycles. The zero-order chi connectivity index (χ0) is 46.8. The summed E-state index contributed by atoms with van der Waals surface area (Å²) >= 11 is 6.37. The predicted octanol–water partition coefficient (Wildman–Crippen LogP) is 5.53. The summed E-state index contributed by atoms with van der Waals surface area (Å²) < 4.78 is 19.0. The fourth-order valence-electron chi connectivity index (χ4n) is 10.3. The van der Waals surface area contributed by atoms with Gasteiger partial charge in [0.1, 0.15) is 28.7 Å². The summed E-state index contributed by atoms with van der Waals surface area (Å²) in [7, 11) is 3.40. The number of imide groups is 2. The van der Waals surface area contributed by atoms with Crippen molar-refractivity contribution < 1.29 is 28.1 Å². The molecule has 3 aromatic carbocycles. The van der Waals surface area contributed by atoms with Crippen molar-refractivity contribution in [3.63, 3.8) is 0 Å². The van der Waals surface area contributed by atoms with Crippen molar-refractivity contribution in [2.24, 2.45) is 5.92 Å². The number of anilines is 7. The van der Waals surface area contributed by atoms with Gasteiger partial charge < -0.3 is 30.1 Å². The lowest BCUT2D eigenvalue weighted by atomic mass is 9.92. The summed E-state index contributed by atoms with van der Waals surface area (Å²) in [5.41, 5.74) is 6.02. The zero-order valence-corrected chi connectivity index (χ0v) is 39.8. The Hall–Kier alpha value is -5.82. The molecule has 0 spiro atoms. The second-order valence-electron chi connectivity index (χ2n) is 18.1. The first-order chi connectivity index (χ1) is 32.5. The number of carbonyl (C=O) groups is 4. The van der Waals surface area contributed by atoms with Crippen molar-refractivity contribution in [3.05, 3.63) is 82.5 Å². The van der Waals surface area contributed by atoms with E-state index in [0.717, 1.165) is 118 Å². The number of aromatic nitrogens is 2. The molecule has 17 nitrogen and oxygen atoms in total. The first-order valence-electron chi connectivity index (χ1n) is 23.2. The van der Waals surface area contributed by atoms with E-state index in [4.69, 9.17) is 16.3 Å². The molecule has 0 radical (unpaired) electrons. The van der Waals surface area contributed by atoms with Crippen LogP contribution in [0.5, 0.6) is 5.75 Å². The molecule has 1 aromatic heterocycles. The van der Waals surface area contributed by atoms with Gasteiger partial charge >= 0.3 is 0 Å².